The molecule has 0 N–H and O–H groups in total. The van der Waals surface area contributed by atoms with Gasteiger partial charge < -0.3 is 4.42 Å². The number of hydrogen-bond donors (Lipinski definition) is 0. The van der Waals surface area contributed by atoms with Crippen LogP contribution in [0, 0.1) is 11.6 Å². The summed E-state index contributed by atoms with van der Waals surface area (Å²) in [5.74, 6) is -2.29. The number of furan rings is 1. The Labute approximate surface area is 163 Å². The van der Waals surface area contributed by atoms with E-state index in [0.29, 0.717) is 12.1 Å². The molecule has 0 aliphatic carbocycles. The molecule has 0 atom stereocenters. The molecular weight excluding hydrogens is 417 g/mol. The van der Waals surface area contributed by atoms with Gasteiger partial charge in [-0.3, -0.25) is 0 Å². The van der Waals surface area contributed by atoms with Crippen LogP contribution in [0.3, 0.4) is 0 Å². The molecule has 0 amide bonds. The highest BCUT2D eigenvalue weighted by Crippen LogP contribution is 2.33. The summed E-state index contributed by atoms with van der Waals surface area (Å²) in [6, 6.07) is 9.78. The van der Waals surface area contributed by atoms with Crippen LogP contribution >= 0.6 is 0 Å². The van der Waals surface area contributed by atoms with Crippen molar-refractivity contribution in [3.05, 3.63) is 89.4 Å². The van der Waals surface area contributed by atoms with E-state index in [1.54, 1.807) is 0 Å². The van der Waals surface area contributed by atoms with Crippen molar-refractivity contribution in [2.45, 2.75) is 24.2 Å². The predicted octanol–water partition coefficient (Wildman–Crippen LogP) is 4.97. The molecule has 0 saturated carbocycles. The number of nitrogens with zero attached hydrogens (tertiary/aromatic N) is 1. The van der Waals surface area contributed by atoms with Crippen LogP contribution in [0.5, 0.6) is 0 Å². The minimum Gasteiger partial charge on any atom is -0.468 e. The molecule has 0 aliphatic heterocycles. The summed E-state index contributed by atoms with van der Waals surface area (Å²) in [7, 11) is -4.44. The summed E-state index contributed by atoms with van der Waals surface area (Å²) in [6.45, 7) is -0.914. The van der Waals surface area contributed by atoms with Gasteiger partial charge in [0.15, 0.2) is 0 Å². The molecule has 3 rings (SSSR count). The van der Waals surface area contributed by atoms with Crippen LogP contribution in [0.2, 0.25) is 0 Å². The van der Waals surface area contributed by atoms with Crippen LogP contribution in [0.1, 0.15) is 16.9 Å². The van der Waals surface area contributed by atoms with Gasteiger partial charge in [0.05, 0.1) is 18.4 Å². The molecule has 0 radical (unpaired) electrons. The van der Waals surface area contributed by atoms with Crippen LogP contribution < -0.4 is 0 Å². The summed E-state index contributed by atoms with van der Waals surface area (Å²) in [5.41, 5.74) is -1.64. The normalized spacial score (nSPS) is 12.5. The molecule has 1 heterocycles. The van der Waals surface area contributed by atoms with Gasteiger partial charge in [0, 0.05) is 6.54 Å². The first kappa shape index (κ1) is 21.0. The molecule has 1 aromatic heterocycles. The maximum atomic E-state index is 14.1. The molecule has 0 spiro atoms. The zero-order valence-corrected chi connectivity index (χ0v) is 15.5. The summed E-state index contributed by atoms with van der Waals surface area (Å²) >= 11 is 0. The average molecular weight is 431 g/mol. The standard InChI is InChI=1S/C19H14F5NO3S/c20-16-8-7-13(10-15(16)19(22,23)24)11-25(12-14-4-3-9-28-14)29(26,27)18-6-2-1-5-17(18)21/h1-10H,11-12H2. The summed E-state index contributed by atoms with van der Waals surface area (Å²) < 4.78 is 98.5. The lowest BCUT2D eigenvalue weighted by atomic mass is 10.1. The fourth-order valence-corrected chi connectivity index (χ4v) is 4.15. The third-order valence-electron chi connectivity index (χ3n) is 4.06. The predicted molar refractivity (Wildman–Crippen MR) is 92.9 cm³/mol. The van der Waals surface area contributed by atoms with Gasteiger partial charge in [0.2, 0.25) is 10.0 Å². The zero-order valence-electron chi connectivity index (χ0n) is 14.7. The molecule has 154 valence electrons. The number of rotatable bonds is 6. The zero-order chi connectivity index (χ0) is 21.2. The van der Waals surface area contributed by atoms with E-state index in [0.717, 1.165) is 22.5 Å². The first-order chi connectivity index (χ1) is 13.6. The third kappa shape index (κ3) is 4.65. The van der Waals surface area contributed by atoms with E-state index in [9.17, 15) is 30.4 Å². The molecule has 0 aliphatic rings. The Bertz CT molecular complexity index is 1100. The van der Waals surface area contributed by atoms with E-state index < -0.39 is 44.8 Å². The van der Waals surface area contributed by atoms with Gasteiger partial charge in [-0.25, -0.2) is 17.2 Å². The smallest absolute Gasteiger partial charge is 0.419 e. The number of sulfonamides is 1. The van der Waals surface area contributed by atoms with Crippen molar-refractivity contribution in [3.63, 3.8) is 0 Å². The molecule has 0 saturated heterocycles. The fourth-order valence-electron chi connectivity index (χ4n) is 2.69. The SMILES string of the molecule is O=S(=O)(c1ccccc1F)N(Cc1ccc(F)c(C(F)(F)F)c1)Cc1ccco1. The van der Waals surface area contributed by atoms with Gasteiger partial charge >= 0.3 is 6.18 Å². The second-order valence-electron chi connectivity index (χ2n) is 6.09. The van der Waals surface area contributed by atoms with E-state index in [4.69, 9.17) is 4.42 Å². The minimum absolute atomic E-state index is 0.120. The monoisotopic (exact) mass is 431 g/mol. The van der Waals surface area contributed by atoms with Crippen molar-refractivity contribution in [1.82, 2.24) is 4.31 Å². The second-order valence-corrected chi connectivity index (χ2v) is 8.00. The molecule has 0 bridgehead atoms. The molecule has 0 fully saturated rings. The Kier molecular flexibility index (Phi) is 5.76. The van der Waals surface area contributed by atoms with Crippen LogP contribution in [-0.2, 0) is 29.3 Å². The Hall–Kier alpha value is -2.72. The van der Waals surface area contributed by atoms with Gasteiger partial charge in [0.1, 0.15) is 22.3 Å². The largest absolute Gasteiger partial charge is 0.468 e. The first-order valence-electron chi connectivity index (χ1n) is 8.22. The number of halogens is 5. The second kappa shape index (κ2) is 7.96. The van der Waals surface area contributed by atoms with E-state index in [1.807, 2.05) is 0 Å². The van der Waals surface area contributed by atoms with E-state index in [-0.39, 0.29) is 17.9 Å². The van der Waals surface area contributed by atoms with Gasteiger partial charge in [-0.15, -0.1) is 0 Å². The van der Waals surface area contributed by atoms with Crippen molar-refractivity contribution < 1.29 is 34.8 Å². The lowest BCUT2D eigenvalue weighted by Gasteiger charge is -2.22. The van der Waals surface area contributed by atoms with Crippen LogP contribution in [0.25, 0.3) is 0 Å². The molecule has 2 aromatic carbocycles. The highest BCUT2D eigenvalue weighted by atomic mass is 32.2. The van der Waals surface area contributed by atoms with Crippen molar-refractivity contribution >= 4 is 10.0 Å². The van der Waals surface area contributed by atoms with Gasteiger partial charge in [-0.1, -0.05) is 18.2 Å². The Morgan fingerprint density at radius 2 is 1.62 bits per heavy atom. The van der Waals surface area contributed by atoms with Gasteiger partial charge in [0.25, 0.3) is 0 Å². The molecule has 29 heavy (non-hydrogen) atoms. The van der Waals surface area contributed by atoms with Crippen molar-refractivity contribution in [1.29, 1.82) is 0 Å². The fraction of sp³-hybridized carbons (Fsp3) is 0.158. The lowest BCUT2D eigenvalue weighted by Crippen LogP contribution is -2.31. The molecular formula is C19H14F5NO3S. The highest BCUT2D eigenvalue weighted by molar-refractivity contribution is 7.89. The molecule has 0 unspecified atom stereocenters. The maximum absolute atomic E-state index is 14.1. The quantitative estimate of drug-likeness (QED) is 0.518. The summed E-state index contributed by atoms with van der Waals surface area (Å²) in [5, 5.41) is 0. The molecule has 4 nitrogen and oxygen atoms in total. The number of benzene rings is 2. The number of alkyl halides is 3. The maximum Gasteiger partial charge on any atom is 0.419 e. The lowest BCUT2D eigenvalue weighted by molar-refractivity contribution is -0.140. The van der Waals surface area contributed by atoms with Crippen molar-refractivity contribution in [3.8, 4) is 0 Å². The topological polar surface area (TPSA) is 50.5 Å². The van der Waals surface area contributed by atoms with Crippen LogP contribution in [-0.4, -0.2) is 12.7 Å². The van der Waals surface area contributed by atoms with E-state index >= 15 is 0 Å². The first-order valence-corrected chi connectivity index (χ1v) is 9.66. The van der Waals surface area contributed by atoms with Gasteiger partial charge in [-0.05, 0) is 42.0 Å². The molecule has 3 aromatic rings. The summed E-state index contributed by atoms with van der Waals surface area (Å²) in [6.07, 6.45) is -3.65. The Morgan fingerprint density at radius 1 is 0.897 bits per heavy atom. The van der Waals surface area contributed by atoms with E-state index in [2.05, 4.69) is 0 Å². The average Bonchev–Trinajstić information content (AvgIpc) is 3.15. The Balaban J connectivity index is 2.02. The van der Waals surface area contributed by atoms with Crippen LogP contribution in [0.4, 0.5) is 22.0 Å². The van der Waals surface area contributed by atoms with Crippen molar-refractivity contribution in [2.24, 2.45) is 0 Å². The van der Waals surface area contributed by atoms with Gasteiger partial charge in [-0.2, -0.15) is 17.5 Å². The minimum atomic E-state index is -4.95. The van der Waals surface area contributed by atoms with Crippen molar-refractivity contribution in [2.75, 3.05) is 0 Å². The third-order valence-corrected chi connectivity index (χ3v) is 5.89. The highest BCUT2D eigenvalue weighted by Gasteiger charge is 2.35. The Morgan fingerprint density at radius 3 is 2.24 bits per heavy atom. The number of hydrogen-bond acceptors (Lipinski definition) is 3. The van der Waals surface area contributed by atoms with Crippen LogP contribution in [0.15, 0.2) is 70.2 Å². The van der Waals surface area contributed by atoms with E-state index in [1.165, 1.54) is 30.5 Å². The summed E-state index contributed by atoms with van der Waals surface area (Å²) in [4.78, 5) is -0.635. The molecule has 10 heteroatoms.